The fraction of sp³-hybridized carbons (Fsp3) is 0.250. The number of fused-ring (bicyclic) bond motifs is 2. The number of rotatable bonds is 10. The molecule has 0 aliphatic carbocycles. The number of carbonyl (C=O) groups excluding carboxylic acids is 2. The molecule has 0 bridgehead atoms. The molecule has 0 aromatic heterocycles. The number of allylic oxidation sites excluding steroid dienone is 2. The van der Waals surface area contributed by atoms with Gasteiger partial charge in [0.05, 0.1) is 36.4 Å². The molecule has 0 spiro atoms. The van der Waals surface area contributed by atoms with Crippen molar-refractivity contribution in [3.8, 4) is 33.8 Å². The van der Waals surface area contributed by atoms with E-state index >= 15 is 0 Å². The summed E-state index contributed by atoms with van der Waals surface area (Å²) in [6.07, 6.45) is 4.32. The number of anilines is 2. The average molecular weight is 891 g/mol. The maximum Gasteiger partial charge on any atom is 0.338 e. The minimum atomic E-state index is -0.393. The molecule has 6 aromatic rings. The highest BCUT2D eigenvalue weighted by Crippen LogP contribution is 2.44. The summed E-state index contributed by atoms with van der Waals surface area (Å²) in [6.45, 7) is 16.6. The summed E-state index contributed by atoms with van der Waals surface area (Å²) in [6, 6.07) is 31.5. The smallest absolute Gasteiger partial charge is 0.338 e. The zero-order valence-electron chi connectivity index (χ0n) is 39.2. The standard InChI is InChI=1S/2C28H28FNO3/c1-17-6-8-19(9-7-17)27(31)33-16-23-21(22-11-10-20(29)14-25(22)32-5)12-13-24-26(23)18(2)15-28(3,4)30-24;1-17-7-6-8-19(13-17)27(31)33-16-23-21(22-10-9-20(29)14-25(22)32-5)11-12-24-26(23)18(2)15-28(3,4)30-24/h2*6-15,30H,16H2,1-5H3. The Hall–Kier alpha value is -7.20. The lowest BCUT2D eigenvalue weighted by molar-refractivity contribution is 0.0464. The highest BCUT2D eigenvalue weighted by Gasteiger charge is 2.29. The minimum Gasteiger partial charge on any atom is -0.496 e. The number of methoxy groups -OCH3 is 2. The molecule has 340 valence electrons. The first-order valence-corrected chi connectivity index (χ1v) is 21.8. The molecule has 0 fully saturated rings. The Morgan fingerprint density at radius 2 is 0.955 bits per heavy atom. The van der Waals surface area contributed by atoms with Crippen molar-refractivity contribution in [2.75, 3.05) is 24.9 Å². The Labute approximate surface area is 386 Å². The summed E-state index contributed by atoms with van der Waals surface area (Å²) in [5.74, 6) is -0.686. The van der Waals surface area contributed by atoms with Gasteiger partial charge in [0.2, 0.25) is 0 Å². The van der Waals surface area contributed by atoms with Crippen molar-refractivity contribution in [3.63, 3.8) is 0 Å². The molecule has 2 N–H and O–H groups in total. The number of benzene rings is 6. The number of nitrogens with one attached hydrogen (secondary N) is 2. The van der Waals surface area contributed by atoms with Crippen LogP contribution in [-0.2, 0) is 22.7 Å². The molecule has 8 nitrogen and oxygen atoms in total. The zero-order valence-corrected chi connectivity index (χ0v) is 39.2. The fourth-order valence-electron chi connectivity index (χ4n) is 8.88. The van der Waals surface area contributed by atoms with Crippen LogP contribution in [0.1, 0.15) is 95.6 Å². The Bertz CT molecular complexity index is 2900. The summed E-state index contributed by atoms with van der Waals surface area (Å²) in [4.78, 5) is 25.6. The van der Waals surface area contributed by atoms with Gasteiger partial charge in [-0.15, -0.1) is 0 Å². The number of carbonyl (C=O) groups is 2. The Balaban J connectivity index is 0.000000196. The van der Waals surface area contributed by atoms with E-state index < -0.39 is 5.97 Å². The second kappa shape index (κ2) is 19.1. The number of hydrogen-bond acceptors (Lipinski definition) is 8. The highest BCUT2D eigenvalue weighted by atomic mass is 19.1. The van der Waals surface area contributed by atoms with Gasteiger partial charge in [0.1, 0.15) is 36.3 Å². The molecule has 8 rings (SSSR count). The quantitative estimate of drug-likeness (QED) is 0.131. The minimum absolute atomic E-state index is 0.0685. The number of ether oxygens (including phenoxy) is 4. The molecular weight excluding hydrogens is 835 g/mol. The predicted molar refractivity (Wildman–Crippen MR) is 260 cm³/mol. The van der Waals surface area contributed by atoms with Crippen LogP contribution in [0.3, 0.4) is 0 Å². The summed E-state index contributed by atoms with van der Waals surface area (Å²) < 4.78 is 50.2. The summed E-state index contributed by atoms with van der Waals surface area (Å²) in [5.41, 5.74) is 13.5. The van der Waals surface area contributed by atoms with Crippen molar-refractivity contribution < 1.29 is 37.3 Å². The normalized spacial score (nSPS) is 14.1. The molecule has 2 aliphatic rings. The molecule has 10 heteroatoms. The van der Waals surface area contributed by atoms with Crippen LogP contribution < -0.4 is 20.1 Å². The van der Waals surface area contributed by atoms with Gasteiger partial charge in [0.15, 0.2) is 0 Å². The van der Waals surface area contributed by atoms with E-state index in [-0.39, 0.29) is 41.9 Å². The van der Waals surface area contributed by atoms with Crippen LogP contribution in [-0.4, -0.2) is 37.2 Å². The molecule has 0 saturated carbocycles. The Kier molecular flexibility index (Phi) is 13.5. The number of halogens is 2. The van der Waals surface area contributed by atoms with Gasteiger partial charge < -0.3 is 29.6 Å². The van der Waals surface area contributed by atoms with Crippen LogP contribution in [0.4, 0.5) is 20.2 Å². The zero-order chi connectivity index (χ0) is 47.5. The van der Waals surface area contributed by atoms with Crippen LogP contribution in [0, 0.1) is 25.5 Å². The SMILES string of the molecule is COc1cc(F)ccc1-c1ccc2c(c1COC(=O)c1ccc(C)cc1)C(C)=CC(C)(C)N2.COc1cc(F)ccc1-c1ccc2c(c1COC(=O)c1cccc(C)c1)C(C)=CC(C)(C)N2. The topological polar surface area (TPSA) is 95.1 Å². The second-order valence-electron chi connectivity index (χ2n) is 18.0. The molecule has 0 amide bonds. The third-order valence-corrected chi connectivity index (χ3v) is 11.6. The summed E-state index contributed by atoms with van der Waals surface area (Å²) in [5, 5.41) is 7.08. The third kappa shape index (κ3) is 10.3. The average Bonchev–Trinajstić information content (AvgIpc) is 3.26. The molecule has 0 unspecified atom stereocenters. The number of esters is 2. The molecule has 6 aromatic carbocycles. The van der Waals surface area contributed by atoms with Crippen molar-refractivity contribution in [3.05, 3.63) is 177 Å². The van der Waals surface area contributed by atoms with E-state index in [1.54, 1.807) is 30.3 Å². The van der Waals surface area contributed by atoms with E-state index in [4.69, 9.17) is 18.9 Å². The van der Waals surface area contributed by atoms with Gasteiger partial charge in [0.25, 0.3) is 0 Å². The maximum atomic E-state index is 13.9. The fourth-order valence-corrected chi connectivity index (χ4v) is 8.88. The lowest BCUT2D eigenvalue weighted by atomic mass is 9.85. The molecular formula is C56H56F2N2O6. The molecule has 0 saturated heterocycles. The Morgan fingerprint density at radius 1 is 0.515 bits per heavy atom. The Morgan fingerprint density at radius 3 is 1.39 bits per heavy atom. The van der Waals surface area contributed by atoms with Crippen molar-refractivity contribution in [2.24, 2.45) is 0 Å². The maximum absolute atomic E-state index is 13.9. The lowest BCUT2D eigenvalue weighted by Crippen LogP contribution is -2.32. The molecule has 0 radical (unpaired) electrons. The second-order valence-corrected chi connectivity index (χ2v) is 18.0. The molecule has 66 heavy (non-hydrogen) atoms. The van der Waals surface area contributed by atoms with Crippen molar-refractivity contribution >= 4 is 34.5 Å². The van der Waals surface area contributed by atoms with E-state index in [1.165, 1.54) is 38.5 Å². The van der Waals surface area contributed by atoms with Gasteiger partial charge in [-0.2, -0.15) is 0 Å². The van der Waals surface area contributed by atoms with Gasteiger partial charge in [-0.05, 0) is 138 Å². The predicted octanol–water partition coefficient (Wildman–Crippen LogP) is 13.5. The summed E-state index contributed by atoms with van der Waals surface area (Å²) >= 11 is 0. The van der Waals surface area contributed by atoms with E-state index in [2.05, 4.69) is 64.3 Å². The first-order valence-electron chi connectivity index (χ1n) is 21.8. The van der Waals surface area contributed by atoms with Crippen molar-refractivity contribution in [1.29, 1.82) is 0 Å². The van der Waals surface area contributed by atoms with Gasteiger partial charge in [-0.1, -0.05) is 59.7 Å². The molecule has 2 aliphatic heterocycles. The van der Waals surface area contributed by atoms with E-state index in [0.29, 0.717) is 22.6 Å². The summed E-state index contributed by atoms with van der Waals surface area (Å²) in [7, 11) is 3.03. The number of hydrogen-bond donors (Lipinski definition) is 2. The van der Waals surface area contributed by atoms with Gasteiger partial charge in [-0.3, -0.25) is 0 Å². The first-order chi connectivity index (χ1) is 31.4. The molecule has 0 atom stereocenters. The number of aryl methyl sites for hydroxylation is 2. The lowest BCUT2D eigenvalue weighted by Gasteiger charge is -2.33. The van der Waals surface area contributed by atoms with E-state index in [9.17, 15) is 18.4 Å². The van der Waals surface area contributed by atoms with E-state index in [1.807, 2.05) is 68.4 Å². The van der Waals surface area contributed by atoms with Crippen LogP contribution in [0.5, 0.6) is 11.5 Å². The van der Waals surface area contributed by atoms with Crippen molar-refractivity contribution in [1.82, 2.24) is 0 Å². The van der Waals surface area contributed by atoms with Gasteiger partial charge in [0, 0.05) is 56.9 Å². The van der Waals surface area contributed by atoms with Gasteiger partial charge >= 0.3 is 11.9 Å². The molecule has 2 heterocycles. The monoisotopic (exact) mass is 890 g/mol. The first kappa shape index (κ1) is 46.8. The van der Waals surface area contributed by atoms with Crippen LogP contribution in [0.15, 0.2) is 121 Å². The van der Waals surface area contributed by atoms with E-state index in [0.717, 1.165) is 78.2 Å². The van der Waals surface area contributed by atoms with Gasteiger partial charge in [-0.25, -0.2) is 18.4 Å². The van der Waals surface area contributed by atoms with Crippen molar-refractivity contribution in [2.45, 2.75) is 79.7 Å². The highest BCUT2D eigenvalue weighted by molar-refractivity contribution is 5.93. The largest absolute Gasteiger partial charge is 0.496 e. The van der Waals surface area contributed by atoms with Crippen LogP contribution >= 0.6 is 0 Å². The van der Waals surface area contributed by atoms with Crippen LogP contribution in [0.25, 0.3) is 33.4 Å². The van der Waals surface area contributed by atoms with Crippen LogP contribution in [0.2, 0.25) is 0 Å². The third-order valence-electron chi connectivity index (χ3n) is 11.6.